The van der Waals surface area contributed by atoms with Gasteiger partial charge in [-0.25, -0.2) is 0 Å². The van der Waals surface area contributed by atoms with Gasteiger partial charge in [0.15, 0.2) is 5.78 Å². The minimum absolute atomic E-state index is 0.131. The molecule has 1 atom stereocenters. The Kier molecular flexibility index (Phi) is 4.12. The van der Waals surface area contributed by atoms with Crippen LogP contribution in [-0.4, -0.2) is 12.9 Å². The van der Waals surface area contributed by atoms with Gasteiger partial charge in [0.05, 0.1) is 12.7 Å². The number of methoxy groups -OCH3 is 1. The molecule has 0 spiro atoms. The van der Waals surface area contributed by atoms with E-state index >= 15 is 0 Å². The van der Waals surface area contributed by atoms with Gasteiger partial charge in [-0.15, -0.1) is 0 Å². The molecule has 0 fully saturated rings. The zero-order valence-corrected chi connectivity index (χ0v) is 12.9. The van der Waals surface area contributed by atoms with Gasteiger partial charge in [0.2, 0.25) is 0 Å². The van der Waals surface area contributed by atoms with Crippen LogP contribution in [0, 0.1) is 5.92 Å². The lowest BCUT2D eigenvalue weighted by molar-refractivity contribution is 0.0988. The van der Waals surface area contributed by atoms with Crippen LogP contribution >= 0.6 is 0 Å². The molecule has 0 saturated heterocycles. The summed E-state index contributed by atoms with van der Waals surface area (Å²) in [5, 5.41) is 0. The molecular weight excluding hydrogens is 248 g/mol. The number of carbonyl (C=O) groups excluding carboxylic acids is 1. The van der Waals surface area contributed by atoms with E-state index in [0.29, 0.717) is 23.7 Å². The molecule has 0 saturated carbocycles. The topological polar surface area (TPSA) is 26.3 Å². The Morgan fingerprint density at radius 2 is 1.80 bits per heavy atom. The molecule has 0 amide bonds. The molecule has 1 aliphatic rings. The van der Waals surface area contributed by atoms with Crippen LogP contribution in [0.1, 0.15) is 44.5 Å². The van der Waals surface area contributed by atoms with Crippen molar-refractivity contribution in [2.24, 2.45) is 5.92 Å². The van der Waals surface area contributed by atoms with Gasteiger partial charge < -0.3 is 4.74 Å². The molecular formula is C18H22O2. The van der Waals surface area contributed by atoms with Crippen LogP contribution in [0.15, 0.2) is 46.6 Å². The van der Waals surface area contributed by atoms with Gasteiger partial charge in [0, 0.05) is 6.42 Å². The Morgan fingerprint density at radius 1 is 1.15 bits per heavy atom. The zero-order chi connectivity index (χ0) is 14.9. The Labute approximate surface area is 121 Å². The van der Waals surface area contributed by atoms with E-state index in [2.05, 4.69) is 27.7 Å². The van der Waals surface area contributed by atoms with E-state index in [1.54, 1.807) is 7.11 Å². The van der Waals surface area contributed by atoms with Crippen molar-refractivity contribution in [3.05, 3.63) is 52.1 Å². The maximum Gasteiger partial charge on any atom is 0.170 e. The van der Waals surface area contributed by atoms with Crippen molar-refractivity contribution in [2.45, 2.75) is 34.1 Å². The predicted octanol–water partition coefficient (Wildman–Crippen LogP) is 4.57. The minimum Gasteiger partial charge on any atom is -0.496 e. The number of ketones is 1. The van der Waals surface area contributed by atoms with E-state index in [9.17, 15) is 4.79 Å². The second-order valence-corrected chi connectivity index (χ2v) is 5.48. The molecule has 1 aromatic rings. The number of Topliss-reactive ketones (excluding diaryl/α,β-unsaturated/α-hetero) is 1. The van der Waals surface area contributed by atoms with Gasteiger partial charge in [0.25, 0.3) is 0 Å². The first-order valence-corrected chi connectivity index (χ1v) is 7.01. The quantitative estimate of drug-likeness (QED) is 0.749. The number of carbonyl (C=O) groups is 1. The molecule has 0 bridgehead atoms. The molecule has 0 radical (unpaired) electrons. The van der Waals surface area contributed by atoms with Gasteiger partial charge >= 0.3 is 0 Å². The summed E-state index contributed by atoms with van der Waals surface area (Å²) in [7, 11) is 1.60. The van der Waals surface area contributed by atoms with Crippen molar-refractivity contribution in [1.29, 1.82) is 0 Å². The predicted molar refractivity (Wildman–Crippen MR) is 82.2 cm³/mol. The third kappa shape index (κ3) is 2.43. The molecule has 1 aromatic carbocycles. The van der Waals surface area contributed by atoms with Crippen molar-refractivity contribution in [3.63, 3.8) is 0 Å². The van der Waals surface area contributed by atoms with Crippen LogP contribution in [-0.2, 0) is 0 Å². The maximum atomic E-state index is 12.6. The molecule has 0 aromatic heterocycles. The first-order valence-electron chi connectivity index (χ1n) is 7.01. The van der Waals surface area contributed by atoms with Crippen molar-refractivity contribution >= 4 is 5.78 Å². The summed E-state index contributed by atoms with van der Waals surface area (Å²) in [4.78, 5) is 12.6. The fourth-order valence-electron chi connectivity index (χ4n) is 2.88. The monoisotopic (exact) mass is 270 g/mol. The number of allylic oxidation sites excluding steroid dienone is 4. The number of rotatable bonds is 4. The van der Waals surface area contributed by atoms with Crippen molar-refractivity contribution in [2.75, 3.05) is 7.11 Å². The van der Waals surface area contributed by atoms with Gasteiger partial charge in [-0.3, -0.25) is 4.79 Å². The van der Waals surface area contributed by atoms with Crippen molar-refractivity contribution < 1.29 is 9.53 Å². The normalized spacial score (nSPS) is 18.8. The Bertz CT molecular complexity index is 606. The SMILES string of the molecule is COc1ccccc1C(=O)CC1=C(C)C(C)=C(C)C1C. The van der Waals surface area contributed by atoms with Crippen LogP contribution in [0.3, 0.4) is 0 Å². The lowest BCUT2D eigenvalue weighted by Gasteiger charge is -2.13. The zero-order valence-electron chi connectivity index (χ0n) is 12.9. The average Bonchev–Trinajstić information content (AvgIpc) is 2.65. The molecule has 1 aliphatic carbocycles. The second kappa shape index (κ2) is 5.66. The Balaban J connectivity index is 2.26. The third-order valence-corrected chi connectivity index (χ3v) is 4.57. The van der Waals surface area contributed by atoms with E-state index in [1.807, 2.05) is 24.3 Å². The van der Waals surface area contributed by atoms with Crippen molar-refractivity contribution in [3.8, 4) is 5.75 Å². The second-order valence-electron chi connectivity index (χ2n) is 5.48. The van der Waals surface area contributed by atoms with Gasteiger partial charge in [-0.1, -0.05) is 30.2 Å². The molecule has 2 nitrogen and oxygen atoms in total. The lowest BCUT2D eigenvalue weighted by atomic mass is 9.92. The van der Waals surface area contributed by atoms with E-state index in [4.69, 9.17) is 4.74 Å². The number of hydrogen-bond acceptors (Lipinski definition) is 2. The fraction of sp³-hybridized carbons (Fsp3) is 0.389. The number of hydrogen-bond donors (Lipinski definition) is 0. The summed E-state index contributed by atoms with van der Waals surface area (Å²) in [6.07, 6.45) is 0.474. The highest BCUT2D eigenvalue weighted by Crippen LogP contribution is 2.39. The lowest BCUT2D eigenvalue weighted by Crippen LogP contribution is -2.07. The maximum absolute atomic E-state index is 12.6. The van der Waals surface area contributed by atoms with E-state index < -0.39 is 0 Å². The van der Waals surface area contributed by atoms with Crippen LogP contribution in [0.4, 0.5) is 0 Å². The van der Waals surface area contributed by atoms with Gasteiger partial charge in [-0.2, -0.15) is 0 Å². The van der Waals surface area contributed by atoms with Crippen LogP contribution in [0.25, 0.3) is 0 Å². The van der Waals surface area contributed by atoms with Crippen LogP contribution in [0.5, 0.6) is 5.75 Å². The summed E-state index contributed by atoms with van der Waals surface area (Å²) in [6, 6.07) is 7.43. The molecule has 106 valence electrons. The number of ether oxygens (including phenoxy) is 1. The van der Waals surface area contributed by atoms with E-state index in [0.717, 1.165) is 0 Å². The standard InChI is InChI=1S/C18H22O2/c1-11-12(2)14(4)16(13(11)3)10-17(19)15-8-6-7-9-18(15)20-5/h6-9,13H,10H2,1-5H3. The summed E-state index contributed by atoms with van der Waals surface area (Å²) >= 11 is 0. The third-order valence-electron chi connectivity index (χ3n) is 4.57. The molecule has 0 aliphatic heterocycles. The Hall–Kier alpha value is -1.83. The first-order chi connectivity index (χ1) is 9.47. The summed E-state index contributed by atoms with van der Waals surface area (Å²) < 4.78 is 5.28. The van der Waals surface area contributed by atoms with Gasteiger partial charge in [0.1, 0.15) is 5.75 Å². The Morgan fingerprint density at radius 3 is 2.35 bits per heavy atom. The first kappa shape index (κ1) is 14.6. The van der Waals surface area contributed by atoms with Gasteiger partial charge in [-0.05, 0) is 50.0 Å². The van der Waals surface area contributed by atoms with E-state index in [1.165, 1.54) is 22.3 Å². The largest absolute Gasteiger partial charge is 0.496 e. The smallest absolute Gasteiger partial charge is 0.170 e. The van der Waals surface area contributed by atoms with Crippen molar-refractivity contribution in [1.82, 2.24) is 0 Å². The highest BCUT2D eigenvalue weighted by Gasteiger charge is 2.26. The summed E-state index contributed by atoms with van der Waals surface area (Å²) in [5.74, 6) is 1.16. The van der Waals surface area contributed by atoms with E-state index in [-0.39, 0.29) is 5.78 Å². The highest BCUT2D eigenvalue weighted by atomic mass is 16.5. The number of benzene rings is 1. The molecule has 1 unspecified atom stereocenters. The van der Waals surface area contributed by atoms with Crippen LogP contribution in [0.2, 0.25) is 0 Å². The van der Waals surface area contributed by atoms with Crippen LogP contribution < -0.4 is 4.74 Å². The highest BCUT2D eigenvalue weighted by molar-refractivity contribution is 6.00. The molecule has 0 N–H and O–H groups in total. The molecule has 2 heteroatoms. The fourth-order valence-corrected chi connectivity index (χ4v) is 2.88. The molecule has 2 rings (SSSR count). The number of para-hydroxylation sites is 1. The minimum atomic E-state index is 0.131. The summed E-state index contributed by atoms with van der Waals surface area (Å²) in [6.45, 7) is 8.60. The molecule has 20 heavy (non-hydrogen) atoms. The summed E-state index contributed by atoms with van der Waals surface area (Å²) in [5.41, 5.74) is 5.91. The average molecular weight is 270 g/mol. The molecule has 0 heterocycles.